The number of para-hydroxylation sites is 1. The van der Waals surface area contributed by atoms with Gasteiger partial charge in [0, 0.05) is 19.2 Å². The first-order valence-corrected chi connectivity index (χ1v) is 9.24. The number of nitrogens with one attached hydrogen (secondary N) is 2. The topological polar surface area (TPSA) is 105 Å². The Bertz CT molecular complexity index is 814. The van der Waals surface area contributed by atoms with Crippen LogP contribution in [0.1, 0.15) is 25.8 Å². The van der Waals surface area contributed by atoms with Gasteiger partial charge in [-0.15, -0.1) is 0 Å². The van der Waals surface area contributed by atoms with E-state index in [1.54, 1.807) is 53.0 Å². The van der Waals surface area contributed by atoms with E-state index in [4.69, 9.17) is 17.3 Å². The third-order valence-corrected chi connectivity index (χ3v) is 4.88. The number of benzene rings is 1. The average molecular weight is 391 g/mol. The fourth-order valence-corrected chi connectivity index (χ4v) is 3.34. The van der Waals surface area contributed by atoms with Crippen molar-refractivity contribution in [1.82, 2.24) is 14.7 Å². The number of nitrogens with zero attached hydrogens (tertiary/aromatic N) is 3. The van der Waals surface area contributed by atoms with Crippen LogP contribution in [0.25, 0.3) is 0 Å². The van der Waals surface area contributed by atoms with Gasteiger partial charge in [0.2, 0.25) is 5.91 Å². The van der Waals surface area contributed by atoms with E-state index < -0.39 is 12.1 Å². The number of likely N-dealkylation sites (tertiary alicyclic amines) is 1. The smallest absolute Gasteiger partial charge is 0.324 e. The van der Waals surface area contributed by atoms with Crippen LogP contribution in [0.5, 0.6) is 0 Å². The standard InChI is InChI=1S/C18H23ClN6O2/c1-12(20)17(26)24-10-7-13(8-11-24)25-16(6-9-21-25)23-18(27)22-15-5-3-2-4-14(15)19/h2-6,9,12-13H,7-8,10-11,20H2,1H3,(H2,22,23,27)/t12-/m1/s1. The van der Waals surface area contributed by atoms with E-state index in [1.807, 2.05) is 0 Å². The lowest BCUT2D eigenvalue weighted by Gasteiger charge is -2.33. The van der Waals surface area contributed by atoms with Crippen molar-refractivity contribution in [3.8, 4) is 0 Å². The van der Waals surface area contributed by atoms with E-state index in [0.29, 0.717) is 29.6 Å². The molecule has 0 saturated carbocycles. The first-order chi connectivity index (χ1) is 13.0. The van der Waals surface area contributed by atoms with Gasteiger partial charge in [0.15, 0.2) is 0 Å². The molecular weight excluding hydrogens is 368 g/mol. The summed E-state index contributed by atoms with van der Waals surface area (Å²) in [6.07, 6.45) is 3.15. The maximum Gasteiger partial charge on any atom is 0.324 e. The molecule has 4 N–H and O–H groups in total. The zero-order valence-electron chi connectivity index (χ0n) is 15.1. The molecule has 1 saturated heterocycles. The Morgan fingerprint density at radius 3 is 2.59 bits per heavy atom. The molecule has 2 heterocycles. The van der Waals surface area contributed by atoms with E-state index in [2.05, 4.69) is 15.7 Å². The molecule has 1 fully saturated rings. The molecule has 1 aliphatic heterocycles. The van der Waals surface area contributed by atoms with Crippen molar-refractivity contribution in [2.24, 2.45) is 5.73 Å². The number of carbonyl (C=O) groups excluding carboxylic acids is 2. The van der Waals surface area contributed by atoms with Gasteiger partial charge in [-0.05, 0) is 31.9 Å². The Kier molecular flexibility index (Phi) is 5.98. The summed E-state index contributed by atoms with van der Waals surface area (Å²) in [7, 11) is 0. The average Bonchev–Trinajstić information content (AvgIpc) is 3.11. The quantitative estimate of drug-likeness (QED) is 0.746. The number of halogens is 1. The molecule has 0 bridgehead atoms. The molecule has 1 atom stereocenters. The second kappa shape index (κ2) is 8.41. The van der Waals surface area contributed by atoms with Crippen molar-refractivity contribution in [3.05, 3.63) is 41.6 Å². The molecule has 0 radical (unpaired) electrons. The lowest BCUT2D eigenvalue weighted by atomic mass is 10.0. The molecule has 144 valence electrons. The fourth-order valence-electron chi connectivity index (χ4n) is 3.16. The molecule has 1 aliphatic rings. The highest BCUT2D eigenvalue weighted by Crippen LogP contribution is 2.26. The van der Waals surface area contributed by atoms with Crippen LogP contribution in [0.15, 0.2) is 36.5 Å². The number of anilines is 2. The molecule has 0 aliphatic carbocycles. The summed E-state index contributed by atoms with van der Waals surface area (Å²) in [5.74, 6) is 0.558. The molecule has 0 unspecified atom stereocenters. The highest BCUT2D eigenvalue weighted by atomic mass is 35.5. The lowest BCUT2D eigenvalue weighted by Crippen LogP contribution is -2.46. The highest BCUT2D eigenvalue weighted by molar-refractivity contribution is 6.33. The molecule has 2 aromatic rings. The Morgan fingerprint density at radius 2 is 1.93 bits per heavy atom. The Labute approximate surface area is 162 Å². The molecule has 3 amide bonds. The molecule has 27 heavy (non-hydrogen) atoms. The summed E-state index contributed by atoms with van der Waals surface area (Å²) >= 11 is 6.06. The van der Waals surface area contributed by atoms with E-state index in [1.165, 1.54) is 0 Å². The Hall–Kier alpha value is -2.58. The first kappa shape index (κ1) is 19.2. The van der Waals surface area contributed by atoms with Crippen molar-refractivity contribution in [3.63, 3.8) is 0 Å². The van der Waals surface area contributed by atoms with Crippen LogP contribution < -0.4 is 16.4 Å². The van der Waals surface area contributed by atoms with Crippen LogP contribution >= 0.6 is 11.6 Å². The third-order valence-electron chi connectivity index (χ3n) is 4.55. The van der Waals surface area contributed by atoms with Crippen LogP contribution in [0.2, 0.25) is 5.02 Å². The molecule has 0 spiro atoms. The predicted molar refractivity (Wildman–Crippen MR) is 105 cm³/mol. The summed E-state index contributed by atoms with van der Waals surface area (Å²) in [6, 6.07) is 7.99. The molecular formula is C18H23ClN6O2. The van der Waals surface area contributed by atoms with Crippen LogP contribution in [0, 0.1) is 0 Å². The second-order valence-corrected chi connectivity index (χ2v) is 6.97. The first-order valence-electron chi connectivity index (χ1n) is 8.86. The SMILES string of the molecule is C[C@@H](N)C(=O)N1CCC(n2nccc2NC(=O)Nc2ccccc2Cl)CC1. The van der Waals surface area contributed by atoms with Crippen molar-refractivity contribution in [2.75, 3.05) is 23.7 Å². The summed E-state index contributed by atoms with van der Waals surface area (Å²) in [4.78, 5) is 26.1. The van der Waals surface area contributed by atoms with Crippen LogP contribution in [0.3, 0.4) is 0 Å². The maximum absolute atomic E-state index is 12.3. The van der Waals surface area contributed by atoms with E-state index in [9.17, 15) is 9.59 Å². The van der Waals surface area contributed by atoms with E-state index >= 15 is 0 Å². The molecule has 9 heteroatoms. The Morgan fingerprint density at radius 1 is 1.22 bits per heavy atom. The maximum atomic E-state index is 12.3. The van der Waals surface area contributed by atoms with Crippen molar-refractivity contribution >= 4 is 35.0 Å². The van der Waals surface area contributed by atoms with Gasteiger partial charge in [0.05, 0.1) is 29.0 Å². The lowest BCUT2D eigenvalue weighted by molar-refractivity contribution is -0.133. The zero-order chi connectivity index (χ0) is 19.4. The van der Waals surface area contributed by atoms with Gasteiger partial charge in [0.1, 0.15) is 5.82 Å². The summed E-state index contributed by atoms with van der Waals surface area (Å²) < 4.78 is 1.79. The van der Waals surface area contributed by atoms with E-state index in [0.717, 1.165) is 12.8 Å². The normalized spacial score (nSPS) is 16.0. The third kappa shape index (κ3) is 4.58. The van der Waals surface area contributed by atoms with Crippen LogP contribution in [-0.4, -0.2) is 45.8 Å². The van der Waals surface area contributed by atoms with Crippen molar-refractivity contribution in [2.45, 2.75) is 31.8 Å². The minimum atomic E-state index is -0.489. The zero-order valence-corrected chi connectivity index (χ0v) is 15.8. The number of aromatic nitrogens is 2. The second-order valence-electron chi connectivity index (χ2n) is 6.57. The fraction of sp³-hybridized carbons (Fsp3) is 0.389. The van der Waals surface area contributed by atoms with Gasteiger partial charge in [-0.25, -0.2) is 9.48 Å². The molecule has 1 aromatic carbocycles. The predicted octanol–water partition coefficient (Wildman–Crippen LogP) is 2.69. The summed E-state index contributed by atoms with van der Waals surface area (Å²) in [5.41, 5.74) is 6.21. The number of nitrogens with two attached hydrogens (primary N) is 1. The number of urea groups is 1. The van der Waals surface area contributed by atoms with Gasteiger partial charge in [-0.3, -0.25) is 10.1 Å². The van der Waals surface area contributed by atoms with Crippen molar-refractivity contribution < 1.29 is 9.59 Å². The van der Waals surface area contributed by atoms with Gasteiger partial charge in [-0.2, -0.15) is 5.10 Å². The van der Waals surface area contributed by atoms with E-state index in [-0.39, 0.29) is 11.9 Å². The number of carbonyl (C=O) groups is 2. The number of rotatable bonds is 4. The number of amides is 3. The van der Waals surface area contributed by atoms with Gasteiger partial charge < -0.3 is 16.0 Å². The minimum Gasteiger partial charge on any atom is -0.341 e. The minimum absolute atomic E-state index is 0.0358. The van der Waals surface area contributed by atoms with Crippen LogP contribution in [-0.2, 0) is 4.79 Å². The molecule has 3 rings (SSSR count). The number of piperidine rings is 1. The van der Waals surface area contributed by atoms with Gasteiger partial charge in [0.25, 0.3) is 0 Å². The summed E-state index contributed by atoms with van der Waals surface area (Å²) in [6.45, 7) is 2.94. The Balaban J connectivity index is 1.61. The highest BCUT2D eigenvalue weighted by Gasteiger charge is 2.27. The van der Waals surface area contributed by atoms with Gasteiger partial charge >= 0.3 is 6.03 Å². The van der Waals surface area contributed by atoms with Crippen molar-refractivity contribution in [1.29, 1.82) is 0 Å². The van der Waals surface area contributed by atoms with Gasteiger partial charge in [-0.1, -0.05) is 23.7 Å². The molecule has 8 nitrogen and oxygen atoms in total. The number of hydrogen-bond acceptors (Lipinski definition) is 4. The number of hydrogen-bond donors (Lipinski definition) is 3. The summed E-state index contributed by atoms with van der Waals surface area (Å²) in [5, 5.41) is 10.3. The largest absolute Gasteiger partial charge is 0.341 e. The van der Waals surface area contributed by atoms with Crippen LogP contribution in [0.4, 0.5) is 16.3 Å². The molecule has 1 aromatic heterocycles. The monoisotopic (exact) mass is 390 g/mol.